The van der Waals surface area contributed by atoms with Crippen molar-refractivity contribution in [2.45, 2.75) is 0 Å². The average molecular weight is 584 g/mol. The SMILES string of the molecule is c1ccc2c(-c3cc(Nc4ccc(-c5cccc6sc7ccccc7c56)cc4)cc4c3sc3ccccc34)cccc2c1. The molecule has 9 aromatic rings. The lowest BCUT2D eigenvalue weighted by molar-refractivity contribution is 1.56. The summed E-state index contributed by atoms with van der Waals surface area (Å²) in [6, 6.07) is 53.0. The number of fused-ring (bicyclic) bond motifs is 7. The van der Waals surface area contributed by atoms with Gasteiger partial charge in [0.05, 0.1) is 0 Å². The maximum atomic E-state index is 3.76. The molecule has 0 spiro atoms. The van der Waals surface area contributed by atoms with Crippen LogP contribution in [0.15, 0.2) is 146 Å². The minimum Gasteiger partial charge on any atom is -0.355 e. The summed E-state index contributed by atoms with van der Waals surface area (Å²) < 4.78 is 5.31. The van der Waals surface area contributed by atoms with Crippen molar-refractivity contribution in [1.82, 2.24) is 0 Å². The van der Waals surface area contributed by atoms with E-state index >= 15 is 0 Å². The summed E-state index contributed by atoms with van der Waals surface area (Å²) in [6.07, 6.45) is 0. The van der Waals surface area contributed by atoms with Crippen molar-refractivity contribution in [3.05, 3.63) is 146 Å². The van der Waals surface area contributed by atoms with Crippen molar-refractivity contribution in [3.8, 4) is 22.3 Å². The summed E-state index contributed by atoms with van der Waals surface area (Å²) in [5.41, 5.74) is 7.23. The number of rotatable bonds is 4. The van der Waals surface area contributed by atoms with E-state index in [0.29, 0.717) is 0 Å². The minimum atomic E-state index is 1.08. The molecule has 43 heavy (non-hydrogen) atoms. The van der Waals surface area contributed by atoms with Crippen LogP contribution in [0.4, 0.5) is 11.4 Å². The average Bonchev–Trinajstić information content (AvgIpc) is 3.63. The van der Waals surface area contributed by atoms with E-state index in [1.165, 1.54) is 73.4 Å². The topological polar surface area (TPSA) is 12.0 Å². The summed E-state index contributed by atoms with van der Waals surface area (Å²) in [5.74, 6) is 0. The zero-order valence-electron chi connectivity index (χ0n) is 23.2. The van der Waals surface area contributed by atoms with Crippen molar-refractivity contribution < 1.29 is 0 Å². The first kappa shape index (κ1) is 24.6. The third-order valence-electron chi connectivity index (χ3n) is 8.45. The summed E-state index contributed by atoms with van der Waals surface area (Å²) >= 11 is 3.75. The fraction of sp³-hybridized carbons (Fsp3) is 0. The molecule has 0 bridgehead atoms. The second-order valence-electron chi connectivity index (χ2n) is 11.0. The van der Waals surface area contributed by atoms with Gasteiger partial charge in [-0.3, -0.25) is 0 Å². The summed E-state index contributed by atoms with van der Waals surface area (Å²) in [6.45, 7) is 0. The lowest BCUT2D eigenvalue weighted by Gasteiger charge is -2.13. The molecule has 1 nitrogen and oxygen atoms in total. The van der Waals surface area contributed by atoms with Crippen LogP contribution >= 0.6 is 22.7 Å². The second-order valence-corrected chi connectivity index (χ2v) is 13.1. The van der Waals surface area contributed by atoms with Gasteiger partial charge in [0, 0.05) is 57.3 Å². The highest BCUT2D eigenvalue weighted by Crippen LogP contribution is 2.44. The third-order valence-corrected chi connectivity index (χ3v) is 10.8. The molecule has 3 heteroatoms. The van der Waals surface area contributed by atoms with Gasteiger partial charge in [-0.25, -0.2) is 0 Å². The van der Waals surface area contributed by atoms with Gasteiger partial charge in [-0.05, 0) is 69.9 Å². The molecule has 2 heterocycles. The van der Waals surface area contributed by atoms with E-state index in [1.807, 2.05) is 22.7 Å². The largest absolute Gasteiger partial charge is 0.355 e. The summed E-state index contributed by atoms with van der Waals surface area (Å²) in [5, 5.41) is 11.6. The Balaban J connectivity index is 1.16. The monoisotopic (exact) mass is 583 g/mol. The van der Waals surface area contributed by atoms with Crippen LogP contribution in [-0.2, 0) is 0 Å². The molecule has 2 aromatic heterocycles. The maximum Gasteiger partial charge on any atom is 0.0435 e. The van der Waals surface area contributed by atoms with Crippen molar-refractivity contribution in [2.75, 3.05) is 5.32 Å². The van der Waals surface area contributed by atoms with Gasteiger partial charge >= 0.3 is 0 Å². The molecule has 202 valence electrons. The number of hydrogen-bond acceptors (Lipinski definition) is 3. The van der Waals surface area contributed by atoms with Crippen molar-refractivity contribution >= 4 is 85.2 Å². The van der Waals surface area contributed by atoms with Crippen molar-refractivity contribution in [3.63, 3.8) is 0 Å². The molecule has 0 fully saturated rings. The number of thiophene rings is 2. The smallest absolute Gasteiger partial charge is 0.0435 e. The second kappa shape index (κ2) is 9.81. The highest BCUT2D eigenvalue weighted by atomic mass is 32.1. The first-order valence-corrected chi connectivity index (χ1v) is 16.1. The molecule has 0 atom stereocenters. The third kappa shape index (κ3) is 4.04. The lowest BCUT2D eigenvalue weighted by Crippen LogP contribution is -1.92. The van der Waals surface area contributed by atoms with E-state index in [4.69, 9.17) is 0 Å². The Labute approximate surface area is 257 Å². The van der Waals surface area contributed by atoms with E-state index < -0.39 is 0 Å². The Morgan fingerprint density at radius 2 is 1.05 bits per heavy atom. The standard InChI is InChI=1S/C40H25NS2/c1-2-11-29-25(9-1)10-7-15-31(29)34-23-28(24-35-32-12-3-5-16-36(32)43-40(34)35)41-27-21-19-26(20-22-27)30-14-8-18-38-39(30)33-13-4-6-17-37(33)42-38/h1-24,41H. The predicted octanol–water partition coefficient (Wildman–Crippen LogP) is 12.7. The fourth-order valence-electron chi connectivity index (χ4n) is 6.47. The summed E-state index contributed by atoms with van der Waals surface area (Å²) in [7, 11) is 0. The van der Waals surface area contributed by atoms with E-state index in [-0.39, 0.29) is 0 Å². The van der Waals surface area contributed by atoms with E-state index in [0.717, 1.165) is 11.4 Å². The van der Waals surface area contributed by atoms with Crippen LogP contribution in [-0.4, -0.2) is 0 Å². The molecule has 0 aliphatic rings. The normalized spacial score (nSPS) is 11.7. The first-order valence-electron chi connectivity index (χ1n) is 14.5. The van der Waals surface area contributed by atoms with E-state index in [1.54, 1.807) is 0 Å². The molecule has 1 N–H and O–H groups in total. The molecule has 0 saturated heterocycles. The predicted molar refractivity (Wildman–Crippen MR) is 190 cm³/mol. The molecule has 0 unspecified atom stereocenters. The Morgan fingerprint density at radius 3 is 1.91 bits per heavy atom. The van der Waals surface area contributed by atoms with Gasteiger partial charge in [-0.2, -0.15) is 0 Å². The Bertz CT molecular complexity index is 2480. The van der Waals surface area contributed by atoms with Crippen LogP contribution in [0.3, 0.4) is 0 Å². The molecule has 0 amide bonds. The van der Waals surface area contributed by atoms with Gasteiger partial charge in [0.25, 0.3) is 0 Å². The first-order chi connectivity index (χ1) is 21.3. The minimum absolute atomic E-state index is 1.08. The van der Waals surface area contributed by atoms with Gasteiger partial charge in [-0.1, -0.05) is 103 Å². The van der Waals surface area contributed by atoms with Gasteiger partial charge < -0.3 is 5.32 Å². The molecule has 0 saturated carbocycles. The molecule has 9 rings (SSSR count). The molecular formula is C40H25NS2. The fourth-order valence-corrected chi connectivity index (χ4v) is 8.82. The van der Waals surface area contributed by atoms with Crippen molar-refractivity contribution in [2.24, 2.45) is 0 Å². The number of benzene rings is 7. The van der Waals surface area contributed by atoms with Gasteiger partial charge in [-0.15, -0.1) is 22.7 Å². The Morgan fingerprint density at radius 1 is 0.395 bits per heavy atom. The highest BCUT2D eigenvalue weighted by molar-refractivity contribution is 7.26. The Hall–Kier alpha value is -4.96. The number of nitrogens with one attached hydrogen (secondary N) is 1. The quantitative estimate of drug-likeness (QED) is 0.217. The van der Waals surface area contributed by atoms with Crippen LogP contribution in [0.1, 0.15) is 0 Å². The van der Waals surface area contributed by atoms with Gasteiger partial charge in [0.15, 0.2) is 0 Å². The summed E-state index contributed by atoms with van der Waals surface area (Å²) in [4.78, 5) is 0. The zero-order chi connectivity index (χ0) is 28.3. The molecule has 0 aliphatic carbocycles. The molecule has 0 radical (unpaired) electrons. The van der Waals surface area contributed by atoms with Gasteiger partial charge in [0.1, 0.15) is 0 Å². The number of hydrogen-bond donors (Lipinski definition) is 1. The van der Waals surface area contributed by atoms with E-state index in [9.17, 15) is 0 Å². The van der Waals surface area contributed by atoms with Crippen molar-refractivity contribution in [1.29, 1.82) is 0 Å². The highest BCUT2D eigenvalue weighted by Gasteiger charge is 2.15. The van der Waals surface area contributed by atoms with E-state index in [2.05, 4.69) is 151 Å². The van der Waals surface area contributed by atoms with Crippen LogP contribution in [0.2, 0.25) is 0 Å². The zero-order valence-corrected chi connectivity index (χ0v) is 24.8. The molecular weight excluding hydrogens is 559 g/mol. The lowest BCUT2D eigenvalue weighted by atomic mass is 9.96. The van der Waals surface area contributed by atoms with Crippen LogP contribution in [0.25, 0.3) is 73.4 Å². The Kier molecular flexibility index (Phi) is 5.62. The molecule has 0 aliphatic heterocycles. The maximum absolute atomic E-state index is 3.76. The molecule has 7 aromatic carbocycles. The van der Waals surface area contributed by atoms with Crippen LogP contribution in [0.5, 0.6) is 0 Å². The van der Waals surface area contributed by atoms with Crippen LogP contribution < -0.4 is 5.32 Å². The van der Waals surface area contributed by atoms with Gasteiger partial charge in [0.2, 0.25) is 0 Å². The van der Waals surface area contributed by atoms with Crippen LogP contribution in [0, 0.1) is 0 Å². The number of anilines is 2.